The Morgan fingerprint density at radius 2 is 1.72 bits per heavy atom. The van der Waals surface area contributed by atoms with E-state index in [4.69, 9.17) is 14.2 Å². The molecule has 2 heterocycles. The van der Waals surface area contributed by atoms with Crippen molar-refractivity contribution >= 4 is 34.5 Å². The number of thiophene rings is 1. The molecule has 148 valence electrons. The predicted octanol–water partition coefficient (Wildman–Crippen LogP) is 4.27. The Hall–Kier alpha value is -3.52. The summed E-state index contributed by atoms with van der Waals surface area (Å²) >= 11 is 1.35. The number of carbonyl (C=O) groups excluding carboxylic acids is 2. The third-order valence-corrected chi connectivity index (χ3v) is 5.07. The molecule has 2 amide bonds. The molecule has 4 rings (SSSR count). The lowest BCUT2D eigenvalue weighted by Crippen LogP contribution is -2.10. The maximum absolute atomic E-state index is 12.5. The average Bonchev–Trinajstić information content (AvgIpc) is 3.36. The van der Waals surface area contributed by atoms with E-state index in [1.807, 2.05) is 11.4 Å². The molecule has 0 fully saturated rings. The molecule has 2 aromatic carbocycles. The first-order valence-corrected chi connectivity index (χ1v) is 9.74. The van der Waals surface area contributed by atoms with Crippen LogP contribution in [-0.4, -0.2) is 18.6 Å². The predicted molar refractivity (Wildman–Crippen MR) is 110 cm³/mol. The van der Waals surface area contributed by atoms with E-state index in [0.717, 1.165) is 5.56 Å². The summed E-state index contributed by atoms with van der Waals surface area (Å²) < 4.78 is 16.4. The SMILES string of the molecule is CC(=O)Nc1ccc(NC(=O)c2cc(COc3ccc4c(c3)OCO4)cs2)cc1. The van der Waals surface area contributed by atoms with E-state index in [0.29, 0.717) is 40.1 Å². The van der Waals surface area contributed by atoms with Crippen LogP contribution in [-0.2, 0) is 11.4 Å². The van der Waals surface area contributed by atoms with Crippen molar-refractivity contribution in [1.29, 1.82) is 0 Å². The van der Waals surface area contributed by atoms with E-state index in [2.05, 4.69) is 10.6 Å². The summed E-state index contributed by atoms with van der Waals surface area (Å²) in [4.78, 5) is 24.1. The van der Waals surface area contributed by atoms with Crippen LogP contribution in [0, 0.1) is 0 Å². The molecule has 0 saturated carbocycles. The van der Waals surface area contributed by atoms with Crippen LogP contribution in [0.3, 0.4) is 0 Å². The Labute approximate surface area is 171 Å². The van der Waals surface area contributed by atoms with Crippen LogP contribution in [0.15, 0.2) is 53.9 Å². The van der Waals surface area contributed by atoms with Crippen molar-refractivity contribution in [3.8, 4) is 17.2 Å². The molecule has 1 aliphatic rings. The molecule has 0 radical (unpaired) electrons. The lowest BCUT2D eigenvalue weighted by Gasteiger charge is -2.06. The van der Waals surface area contributed by atoms with Crippen LogP contribution in [0.4, 0.5) is 11.4 Å². The molecule has 0 spiro atoms. The summed E-state index contributed by atoms with van der Waals surface area (Å²) in [6, 6.07) is 14.2. The maximum Gasteiger partial charge on any atom is 0.265 e. The number of amides is 2. The van der Waals surface area contributed by atoms with Gasteiger partial charge in [-0.05, 0) is 47.8 Å². The molecule has 29 heavy (non-hydrogen) atoms. The smallest absolute Gasteiger partial charge is 0.265 e. The highest BCUT2D eigenvalue weighted by molar-refractivity contribution is 7.12. The Morgan fingerprint density at radius 3 is 2.48 bits per heavy atom. The molecule has 0 saturated heterocycles. The van der Waals surface area contributed by atoms with Crippen molar-refractivity contribution < 1.29 is 23.8 Å². The summed E-state index contributed by atoms with van der Waals surface area (Å²) in [5.41, 5.74) is 2.23. The third-order valence-electron chi connectivity index (χ3n) is 4.09. The molecule has 0 bridgehead atoms. The highest BCUT2D eigenvalue weighted by Crippen LogP contribution is 2.35. The second-order valence-corrected chi connectivity index (χ2v) is 7.25. The lowest BCUT2D eigenvalue weighted by atomic mass is 10.2. The first-order chi connectivity index (χ1) is 14.1. The molecule has 1 aromatic heterocycles. The number of hydrogen-bond donors (Lipinski definition) is 2. The van der Waals surface area contributed by atoms with Gasteiger partial charge in [0.05, 0.1) is 4.88 Å². The van der Waals surface area contributed by atoms with Gasteiger partial charge in [0.1, 0.15) is 12.4 Å². The fraction of sp³-hybridized carbons (Fsp3) is 0.143. The standard InChI is InChI=1S/C21H18N2O5S/c1-13(24)22-15-2-4-16(5-3-15)23-21(25)20-8-14(11-29-20)10-26-17-6-7-18-19(9-17)28-12-27-18/h2-9,11H,10,12H2,1H3,(H,22,24)(H,23,25). The van der Waals surface area contributed by atoms with E-state index in [1.54, 1.807) is 42.5 Å². The lowest BCUT2D eigenvalue weighted by molar-refractivity contribution is -0.114. The summed E-state index contributed by atoms with van der Waals surface area (Å²) in [5, 5.41) is 7.42. The van der Waals surface area contributed by atoms with Crippen LogP contribution in [0.5, 0.6) is 17.2 Å². The van der Waals surface area contributed by atoms with E-state index in [-0.39, 0.29) is 18.6 Å². The molecule has 8 heteroatoms. The number of anilines is 2. The van der Waals surface area contributed by atoms with Gasteiger partial charge in [0.2, 0.25) is 12.7 Å². The number of hydrogen-bond acceptors (Lipinski definition) is 6. The van der Waals surface area contributed by atoms with Gasteiger partial charge in [-0.2, -0.15) is 0 Å². The second-order valence-electron chi connectivity index (χ2n) is 6.34. The third kappa shape index (κ3) is 4.67. The number of fused-ring (bicyclic) bond motifs is 1. The zero-order valence-electron chi connectivity index (χ0n) is 15.6. The highest BCUT2D eigenvalue weighted by Gasteiger charge is 2.14. The van der Waals surface area contributed by atoms with Crippen molar-refractivity contribution in [2.24, 2.45) is 0 Å². The van der Waals surface area contributed by atoms with Crippen LogP contribution in [0.1, 0.15) is 22.2 Å². The van der Waals surface area contributed by atoms with E-state index in [9.17, 15) is 9.59 Å². The van der Waals surface area contributed by atoms with Gasteiger partial charge in [-0.3, -0.25) is 9.59 Å². The summed E-state index contributed by atoms with van der Waals surface area (Å²) in [5.74, 6) is 1.70. The van der Waals surface area contributed by atoms with E-state index in [1.165, 1.54) is 18.3 Å². The Balaban J connectivity index is 1.33. The number of benzene rings is 2. The first kappa shape index (κ1) is 18.8. The topological polar surface area (TPSA) is 85.9 Å². The average molecular weight is 410 g/mol. The van der Waals surface area contributed by atoms with Gasteiger partial charge in [0.25, 0.3) is 5.91 Å². The molecule has 0 unspecified atom stereocenters. The number of carbonyl (C=O) groups is 2. The summed E-state index contributed by atoms with van der Waals surface area (Å²) in [6.07, 6.45) is 0. The van der Waals surface area contributed by atoms with Gasteiger partial charge >= 0.3 is 0 Å². The van der Waals surface area contributed by atoms with Crippen molar-refractivity contribution in [3.63, 3.8) is 0 Å². The van der Waals surface area contributed by atoms with Gasteiger partial charge < -0.3 is 24.8 Å². The normalized spacial score (nSPS) is 11.8. The van der Waals surface area contributed by atoms with Crippen molar-refractivity contribution in [3.05, 3.63) is 64.4 Å². The summed E-state index contributed by atoms with van der Waals surface area (Å²) in [6.45, 7) is 2.01. The zero-order chi connectivity index (χ0) is 20.2. The minimum absolute atomic E-state index is 0.143. The zero-order valence-corrected chi connectivity index (χ0v) is 16.4. The van der Waals surface area contributed by atoms with E-state index < -0.39 is 0 Å². The fourth-order valence-corrected chi connectivity index (χ4v) is 3.53. The van der Waals surface area contributed by atoms with Crippen LogP contribution in [0.25, 0.3) is 0 Å². The van der Waals surface area contributed by atoms with Gasteiger partial charge in [-0.15, -0.1) is 11.3 Å². The van der Waals surface area contributed by atoms with Crippen LogP contribution < -0.4 is 24.8 Å². The first-order valence-electron chi connectivity index (χ1n) is 8.86. The monoisotopic (exact) mass is 410 g/mol. The molecular weight excluding hydrogens is 392 g/mol. The van der Waals surface area contributed by atoms with Crippen molar-refractivity contribution in [2.75, 3.05) is 17.4 Å². The highest BCUT2D eigenvalue weighted by atomic mass is 32.1. The number of ether oxygens (including phenoxy) is 3. The van der Waals surface area contributed by atoms with Crippen LogP contribution in [0.2, 0.25) is 0 Å². The summed E-state index contributed by atoms with van der Waals surface area (Å²) in [7, 11) is 0. The largest absolute Gasteiger partial charge is 0.489 e. The Morgan fingerprint density at radius 1 is 1.00 bits per heavy atom. The molecule has 0 aliphatic carbocycles. The van der Waals surface area contributed by atoms with Crippen LogP contribution >= 0.6 is 11.3 Å². The van der Waals surface area contributed by atoms with Gasteiger partial charge in [-0.25, -0.2) is 0 Å². The molecule has 2 N–H and O–H groups in total. The molecule has 0 atom stereocenters. The molecular formula is C21H18N2O5S. The molecule has 7 nitrogen and oxygen atoms in total. The number of rotatable bonds is 6. The Kier molecular flexibility index (Phi) is 5.35. The van der Waals surface area contributed by atoms with E-state index >= 15 is 0 Å². The molecule has 1 aliphatic heterocycles. The van der Waals surface area contributed by atoms with Crippen molar-refractivity contribution in [1.82, 2.24) is 0 Å². The Bertz CT molecular complexity index is 1050. The van der Waals surface area contributed by atoms with Crippen molar-refractivity contribution in [2.45, 2.75) is 13.5 Å². The maximum atomic E-state index is 12.5. The van der Waals surface area contributed by atoms with Gasteiger partial charge in [0, 0.05) is 29.9 Å². The minimum Gasteiger partial charge on any atom is -0.489 e. The minimum atomic E-state index is -0.198. The fourth-order valence-electron chi connectivity index (χ4n) is 2.74. The quantitative estimate of drug-likeness (QED) is 0.634. The van der Waals surface area contributed by atoms with Gasteiger partial charge in [0.15, 0.2) is 11.5 Å². The molecule has 3 aromatic rings. The number of nitrogens with one attached hydrogen (secondary N) is 2. The van der Waals surface area contributed by atoms with Gasteiger partial charge in [-0.1, -0.05) is 0 Å². The second kappa shape index (κ2) is 8.24.